The molecule has 0 aromatic rings. The van der Waals surface area contributed by atoms with E-state index >= 15 is 0 Å². The molecule has 0 aliphatic rings. The van der Waals surface area contributed by atoms with Crippen LogP contribution in [-0.2, 0) is 4.74 Å². The fourth-order valence-electron chi connectivity index (χ4n) is 0.421. The number of carbonyl (C=O) groups is 1. The van der Waals surface area contributed by atoms with Gasteiger partial charge in [-0.1, -0.05) is 6.55 Å². The van der Waals surface area contributed by atoms with Gasteiger partial charge in [-0.15, -0.1) is 0 Å². The van der Waals surface area contributed by atoms with E-state index in [-0.39, 0.29) is 12.2 Å². The lowest BCUT2D eigenvalue weighted by Crippen LogP contribution is -2.31. The van der Waals surface area contributed by atoms with Crippen molar-refractivity contribution < 1.29 is 9.53 Å². The fraction of sp³-hybridized carbons (Fsp3) is 0.833. The molecule has 0 aliphatic carbocycles. The van der Waals surface area contributed by atoms with Crippen LogP contribution >= 0.6 is 0 Å². The van der Waals surface area contributed by atoms with Crippen molar-refractivity contribution in [3.05, 3.63) is 0 Å². The van der Waals surface area contributed by atoms with E-state index < -0.39 is 9.68 Å². The van der Waals surface area contributed by atoms with Crippen molar-refractivity contribution >= 4 is 15.8 Å². The molecule has 0 aliphatic heterocycles. The van der Waals surface area contributed by atoms with Crippen molar-refractivity contribution in [2.45, 2.75) is 26.5 Å². The highest BCUT2D eigenvalue weighted by Crippen LogP contribution is 1.93. The number of hydrogen-bond donors (Lipinski definition) is 0. The summed E-state index contributed by atoms with van der Waals surface area (Å²) in [6.07, 6.45) is -0.195. The van der Waals surface area contributed by atoms with Gasteiger partial charge in [0, 0.05) is 7.05 Å². The molecule has 0 bridgehead atoms. The third kappa shape index (κ3) is 3.50. The van der Waals surface area contributed by atoms with Gasteiger partial charge in [0.1, 0.15) is 9.68 Å². The van der Waals surface area contributed by atoms with Crippen molar-refractivity contribution in [2.75, 3.05) is 7.05 Å². The standard InChI is InChI=1S/C6H15NO2Si/c1-5(2)9-6(8)7(3)10-4/h5H,10H2,1-4H3. The Morgan fingerprint density at radius 2 is 2.10 bits per heavy atom. The SMILES string of the molecule is C[SiH2]N(C)C(=O)OC(C)C. The first-order chi connectivity index (χ1) is 4.57. The zero-order chi connectivity index (χ0) is 8.15. The second-order valence-electron chi connectivity index (χ2n) is 2.45. The van der Waals surface area contributed by atoms with Crippen molar-refractivity contribution in [1.82, 2.24) is 4.57 Å². The van der Waals surface area contributed by atoms with Crippen molar-refractivity contribution in [3.8, 4) is 0 Å². The highest BCUT2D eigenvalue weighted by atomic mass is 28.2. The quantitative estimate of drug-likeness (QED) is 0.555. The number of hydrogen-bond acceptors (Lipinski definition) is 2. The first-order valence-corrected chi connectivity index (χ1v) is 5.54. The van der Waals surface area contributed by atoms with Crippen LogP contribution in [0.5, 0.6) is 0 Å². The maximum Gasteiger partial charge on any atom is 0.401 e. The van der Waals surface area contributed by atoms with Gasteiger partial charge in [0.2, 0.25) is 0 Å². The zero-order valence-corrected chi connectivity index (χ0v) is 8.46. The molecule has 0 radical (unpaired) electrons. The third-order valence-electron chi connectivity index (χ3n) is 1.12. The van der Waals surface area contributed by atoms with Crippen molar-refractivity contribution in [2.24, 2.45) is 0 Å². The van der Waals surface area contributed by atoms with E-state index in [1.807, 2.05) is 20.4 Å². The van der Waals surface area contributed by atoms with E-state index in [0.717, 1.165) is 0 Å². The lowest BCUT2D eigenvalue weighted by Gasteiger charge is -2.16. The summed E-state index contributed by atoms with van der Waals surface area (Å²) >= 11 is 0. The summed E-state index contributed by atoms with van der Waals surface area (Å²) in [5.74, 6) is 0. The van der Waals surface area contributed by atoms with Crippen molar-refractivity contribution in [1.29, 1.82) is 0 Å². The Morgan fingerprint density at radius 1 is 1.60 bits per heavy atom. The maximum absolute atomic E-state index is 10.9. The summed E-state index contributed by atoms with van der Waals surface area (Å²) in [5.41, 5.74) is 0. The number of amides is 1. The highest BCUT2D eigenvalue weighted by Gasteiger charge is 2.07. The van der Waals surface area contributed by atoms with Gasteiger partial charge in [-0.25, -0.2) is 4.79 Å². The van der Waals surface area contributed by atoms with Gasteiger partial charge in [0.15, 0.2) is 0 Å². The largest absolute Gasteiger partial charge is 0.447 e. The molecule has 0 atom stereocenters. The molecule has 60 valence electrons. The predicted octanol–water partition coefficient (Wildman–Crippen LogP) is 0.595. The number of nitrogens with zero attached hydrogens (tertiary/aromatic N) is 1. The minimum absolute atomic E-state index is 0.00417. The molecule has 0 saturated carbocycles. The molecule has 10 heavy (non-hydrogen) atoms. The topological polar surface area (TPSA) is 29.5 Å². The molecular weight excluding hydrogens is 146 g/mol. The fourth-order valence-corrected chi connectivity index (χ4v) is 0.753. The molecule has 4 heteroatoms. The van der Waals surface area contributed by atoms with Crippen LogP contribution < -0.4 is 0 Å². The Morgan fingerprint density at radius 3 is 2.40 bits per heavy atom. The zero-order valence-electron chi connectivity index (χ0n) is 7.05. The van der Waals surface area contributed by atoms with Crippen LogP contribution in [0.25, 0.3) is 0 Å². The van der Waals surface area contributed by atoms with E-state index in [0.29, 0.717) is 0 Å². The average Bonchev–Trinajstić information content (AvgIpc) is 1.85. The molecule has 0 saturated heterocycles. The van der Waals surface area contributed by atoms with Gasteiger partial charge in [0.05, 0.1) is 6.10 Å². The number of rotatable bonds is 2. The first-order valence-electron chi connectivity index (χ1n) is 3.49. The molecule has 0 fully saturated rings. The van der Waals surface area contributed by atoms with Crippen LogP contribution in [0.3, 0.4) is 0 Å². The molecule has 0 N–H and O–H groups in total. The molecule has 0 aromatic heterocycles. The Balaban J connectivity index is 3.62. The van der Waals surface area contributed by atoms with Gasteiger partial charge < -0.3 is 9.30 Å². The highest BCUT2D eigenvalue weighted by molar-refractivity contribution is 6.34. The Bertz CT molecular complexity index is 116. The number of ether oxygens (including phenoxy) is 1. The van der Waals surface area contributed by atoms with Crippen LogP contribution in [0.4, 0.5) is 4.79 Å². The predicted molar refractivity (Wildman–Crippen MR) is 43.8 cm³/mol. The lowest BCUT2D eigenvalue weighted by atomic mass is 10.5. The first kappa shape index (κ1) is 9.49. The molecular formula is C6H15NO2Si. The van der Waals surface area contributed by atoms with Crippen LogP contribution in [-0.4, -0.2) is 33.5 Å². The smallest absolute Gasteiger partial charge is 0.401 e. The van der Waals surface area contributed by atoms with Gasteiger partial charge in [-0.2, -0.15) is 0 Å². The summed E-state index contributed by atoms with van der Waals surface area (Å²) in [4.78, 5) is 10.9. The molecule has 0 heterocycles. The minimum Gasteiger partial charge on any atom is -0.447 e. The van der Waals surface area contributed by atoms with Crippen LogP contribution in [0.2, 0.25) is 6.55 Å². The van der Waals surface area contributed by atoms with Gasteiger partial charge in [0.25, 0.3) is 0 Å². The van der Waals surface area contributed by atoms with E-state index in [9.17, 15) is 4.79 Å². The molecule has 3 nitrogen and oxygen atoms in total. The third-order valence-corrected chi connectivity index (χ3v) is 2.33. The Labute approximate surface area is 64.3 Å². The van der Waals surface area contributed by atoms with E-state index in [2.05, 4.69) is 0 Å². The van der Waals surface area contributed by atoms with E-state index in [4.69, 9.17) is 4.74 Å². The van der Waals surface area contributed by atoms with E-state index in [1.165, 1.54) is 0 Å². The minimum atomic E-state index is -0.393. The second kappa shape index (κ2) is 4.33. The summed E-state index contributed by atoms with van der Waals surface area (Å²) in [7, 11) is 1.38. The summed E-state index contributed by atoms with van der Waals surface area (Å²) in [5, 5.41) is 0. The Kier molecular flexibility index (Phi) is 4.10. The summed E-state index contributed by atoms with van der Waals surface area (Å²) in [6, 6.07) is 0. The van der Waals surface area contributed by atoms with E-state index in [1.54, 1.807) is 11.6 Å². The molecule has 0 unspecified atom stereocenters. The monoisotopic (exact) mass is 161 g/mol. The average molecular weight is 161 g/mol. The maximum atomic E-state index is 10.9. The van der Waals surface area contributed by atoms with Crippen molar-refractivity contribution in [3.63, 3.8) is 0 Å². The van der Waals surface area contributed by atoms with Crippen LogP contribution in [0, 0.1) is 0 Å². The second-order valence-corrected chi connectivity index (χ2v) is 4.03. The van der Waals surface area contributed by atoms with Crippen LogP contribution in [0.1, 0.15) is 13.8 Å². The molecule has 1 amide bonds. The van der Waals surface area contributed by atoms with Gasteiger partial charge in [-0.05, 0) is 13.8 Å². The van der Waals surface area contributed by atoms with Gasteiger partial charge in [-0.3, -0.25) is 0 Å². The summed E-state index contributed by atoms with van der Waals surface area (Å²) in [6.45, 7) is 5.74. The van der Waals surface area contributed by atoms with Crippen LogP contribution in [0.15, 0.2) is 0 Å². The number of carbonyl (C=O) groups excluding carboxylic acids is 1. The molecule has 0 rings (SSSR count). The normalized spacial score (nSPS) is 10.9. The molecule has 0 spiro atoms. The van der Waals surface area contributed by atoms with Gasteiger partial charge >= 0.3 is 6.09 Å². The Hall–Kier alpha value is -0.513. The lowest BCUT2D eigenvalue weighted by molar-refractivity contribution is 0.101. The summed E-state index contributed by atoms with van der Waals surface area (Å²) < 4.78 is 6.59. The molecule has 0 aromatic carbocycles.